The number of rotatable bonds is 7. The first kappa shape index (κ1) is 41.1. The Balaban J connectivity index is 1.64. The molecule has 3 aromatic rings. The number of nitrogens with one attached hydrogen (secondary N) is 4. The number of amides is 5. The summed E-state index contributed by atoms with van der Waals surface area (Å²) in [5.74, 6) is -1.67. The Morgan fingerprint density at radius 2 is 1.70 bits per heavy atom. The van der Waals surface area contributed by atoms with Gasteiger partial charge in [0.2, 0.25) is 23.6 Å². The Morgan fingerprint density at radius 3 is 2.39 bits per heavy atom. The maximum atomic E-state index is 13.6. The van der Waals surface area contributed by atoms with E-state index in [1.807, 2.05) is 6.07 Å². The van der Waals surface area contributed by atoms with E-state index in [0.29, 0.717) is 47.6 Å². The predicted octanol–water partition coefficient (Wildman–Crippen LogP) is 2.50. The molecular formula is C39H50N6O9. The highest BCUT2D eigenvalue weighted by atomic mass is 16.5. The fourth-order valence-corrected chi connectivity index (χ4v) is 5.86. The number of aryl methyl sites for hydroxylation is 1. The van der Waals surface area contributed by atoms with E-state index in [0.717, 1.165) is 5.56 Å². The van der Waals surface area contributed by atoms with E-state index in [1.54, 1.807) is 68.7 Å². The van der Waals surface area contributed by atoms with E-state index in [4.69, 9.17) is 14.2 Å². The summed E-state index contributed by atoms with van der Waals surface area (Å²) in [6.07, 6.45) is 3.43. The van der Waals surface area contributed by atoms with Crippen LogP contribution in [0, 0.1) is 5.92 Å². The van der Waals surface area contributed by atoms with Gasteiger partial charge in [0.15, 0.2) is 11.5 Å². The molecule has 1 aromatic heterocycles. The highest BCUT2D eigenvalue weighted by Crippen LogP contribution is 2.37. The van der Waals surface area contributed by atoms with Crippen LogP contribution in [0.15, 0.2) is 60.9 Å². The number of benzene rings is 2. The Bertz CT molecular complexity index is 1770. The van der Waals surface area contributed by atoms with Gasteiger partial charge in [0, 0.05) is 37.5 Å². The number of hydrogen-bond donors (Lipinski definition) is 5. The summed E-state index contributed by atoms with van der Waals surface area (Å²) < 4.78 is 17.4. The summed E-state index contributed by atoms with van der Waals surface area (Å²) >= 11 is 0. The summed E-state index contributed by atoms with van der Waals surface area (Å²) in [6, 6.07) is 11.0. The third-order valence-corrected chi connectivity index (χ3v) is 8.90. The molecule has 0 radical (unpaired) electrons. The Labute approximate surface area is 315 Å². The van der Waals surface area contributed by atoms with Gasteiger partial charge in [-0.3, -0.25) is 29.0 Å². The predicted molar refractivity (Wildman–Crippen MR) is 199 cm³/mol. The summed E-state index contributed by atoms with van der Waals surface area (Å²) in [5, 5.41) is 21.5. The van der Waals surface area contributed by atoms with Crippen molar-refractivity contribution in [1.29, 1.82) is 0 Å². The first-order chi connectivity index (χ1) is 25.9. The molecule has 0 saturated carbocycles. The van der Waals surface area contributed by atoms with Gasteiger partial charge >= 0.3 is 0 Å². The molecule has 2 heterocycles. The Kier molecular flexibility index (Phi) is 15.2. The normalized spacial score (nSPS) is 18.5. The van der Waals surface area contributed by atoms with E-state index < -0.39 is 41.8 Å². The first-order valence-electron chi connectivity index (χ1n) is 17.9. The van der Waals surface area contributed by atoms with Crippen molar-refractivity contribution >= 4 is 29.5 Å². The van der Waals surface area contributed by atoms with Gasteiger partial charge < -0.3 is 45.5 Å². The van der Waals surface area contributed by atoms with Crippen molar-refractivity contribution in [2.24, 2.45) is 5.92 Å². The number of aromatic nitrogens is 1. The number of aliphatic hydroxyl groups is 1. The molecule has 0 aliphatic carbocycles. The number of methoxy groups -OCH3 is 2. The molecule has 15 nitrogen and oxygen atoms in total. The summed E-state index contributed by atoms with van der Waals surface area (Å²) in [7, 11) is 2.95. The van der Waals surface area contributed by atoms with Crippen molar-refractivity contribution in [3.63, 3.8) is 0 Å². The lowest BCUT2D eigenvalue weighted by Crippen LogP contribution is -2.59. The summed E-state index contributed by atoms with van der Waals surface area (Å²) in [6.45, 7) is 4.87. The monoisotopic (exact) mass is 746 g/mol. The lowest BCUT2D eigenvalue weighted by molar-refractivity contribution is -0.138. The van der Waals surface area contributed by atoms with Crippen LogP contribution in [0.4, 0.5) is 0 Å². The Hall–Kier alpha value is -5.70. The number of carbonyl (C=O) groups excluding carboxylic acids is 5. The van der Waals surface area contributed by atoms with Crippen molar-refractivity contribution in [2.45, 2.75) is 71.2 Å². The molecule has 2 bridgehead atoms. The summed E-state index contributed by atoms with van der Waals surface area (Å²) in [4.78, 5) is 72.7. The lowest BCUT2D eigenvalue weighted by Gasteiger charge is -2.28. The average molecular weight is 747 g/mol. The quantitative estimate of drug-likeness (QED) is 0.240. The maximum absolute atomic E-state index is 13.6. The second-order valence-corrected chi connectivity index (χ2v) is 13.3. The van der Waals surface area contributed by atoms with E-state index in [2.05, 4.69) is 26.3 Å². The highest BCUT2D eigenvalue weighted by Gasteiger charge is 2.32. The van der Waals surface area contributed by atoms with Crippen molar-refractivity contribution in [3.8, 4) is 23.0 Å². The zero-order valence-corrected chi connectivity index (χ0v) is 31.3. The highest BCUT2D eigenvalue weighted by molar-refractivity contribution is 5.95. The van der Waals surface area contributed by atoms with E-state index in [1.165, 1.54) is 26.0 Å². The van der Waals surface area contributed by atoms with Gasteiger partial charge in [-0.2, -0.15) is 0 Å². The van der Waals surface area contributed by atoms with E-state index in [-0.39, 0.29) is 50.2 Å². The molecule has 54 heavy (non-hydrogen) atoms. The van der Waals surface area contributed by atoms with Crippen LogP contribution in [0.5, 0.6) is 23.0 Å². The second-order valence-electron chi connectivity index (χ2n) is 13.3. The topological polar surface area (TPSA) is 198 Å². The minimum Gasteiger partial charge on any atom is -0.496 e. The smallest absolute Gasteiger partial charge is 0.251 e. The number of nitrogens with zero attached hydrogens (tertiary/aromatic N) is 2. The van der Waals surface area contributed by atoms with Crippen LogP contribution < -0.4 is 35.5 Å². The van der Waals surface area contributed by atoms with Crippen LogP contribution in [-0.2, 0) is 32.1 Å². The van der Waals surface area contributed by atoms with Gasteiger partial charge in [-0.15, -0.1) is 0 Å². The standard InChI is InChI=1S/C39H50N6O9/c1-24(2)35-38(50)42-22-28-29(52-4)11-8-12-30(28)54-32-20-27(14-15-31(32)53-5)37(49)41-18-6-7-19-45(34(48)16-13-26-10-9-17-40-21-26)23-33(47)43-36(25(3)46)39(51)44-35/h8-12,14-15,17,20-21,24-25,35-36,46H,6-7,13,16,18-19,22-23H2,1-5H3,(H,41,49)(H,42,50)(H,43,47)(H,44,51)/t25-,35-,36+/m1/s1. The third kappa shape index (κ3) is 11.4. The zero-order valence-electron chi connectivity index (χ0n) is 31.3. The van der Waals surface area contributed by atoms with Crippen molar-refractivity contribution in [2.75, 3.05) is 33.9 Å². The van der Waals surface area contributed by atoms with Gasteiger partial charge in [-0.05, 0) is 74.1 Å². The fraction of sp³-hybridized carbons (Fsp3) is 0.436. The molecule has 290 valence electrons. The molecule has 1 aliphatic rings. The van der Waals surface area contributed by atoms with Gasteiger partial charge in [0.25, 0.3) is 5.91 Å². The van der Waals surface area contributed by atoms with Crippen LogP contribution in [0.25, 0.3) is 0 Å². The Morgan fingerprint density at radius 1 is 0.926 bits per heavy atom. The van der Waals surface area contributed by atoms with Gasteiger partial charge in [-0.1, -0.05) is 26.0 Å². The molecule has 5 amide bonds. The molecule has 0 unspecified atom stereocenters. The number of ether oxygens (including phenoxy) is 3. The van der Waals surface area contributed by atoms with E-state index in [9.17, 15) is 29.1 Å². The molecular weight excluding hydrogens is 696 g/mol. The van der Waals surface area contributed by atoms with Crippen molar-refractivity contribution < 1.29 is 43.3 Å². The number of pyridine rings is 1. The number of fused-ring (bicyclic) bond motifs is 3. The zero-order chi connectivity index (χ0) is 39.2. The molecule has 1 aliphatic heterocycles. The van der Waals surface area contributed by atoms with Crippen LogP contribution in [0.2, 0.25) is 0 Å². The molecule has 0 fully saturated rings. The number of carbonyl (C=O) groups is 5. The maximum Gasteiger partial charge on any atom is 0.251 e. The second kappa shape index (κ2) is 19.9. The fourth-order valence-electron chi connectivity index (χ4n) is 5.86. The van der Waals surface area contributed by atoms with Crippen LogP contribution in [0.3, 0.4) is 0 Å². The van der Waals surface area contributed by atoms with Gasteiger partial charge in [0.05, 0.1) is 39.0 Å². The molecule has 5 N–H and O–H groups in total. The van der Waals surface area contributed by atoms with Crippen LogP contribution >= 0.6 is 0 Å². The molecule has 3 atom stereocenters. The van der Waals surface area contributed by atoms with Gasteiger partial charge in [-0.25, -0.2) is 0 Å². The summed E-state index contributed by atoms with van der Waals surface area (Å²) in [5.41, 5.74) is 1.65. The number of aliphatic hydroxyl groups excluding tert-OH is 1. The van der Waals surface area contributed by atoms with Crippen molar-refractivity contribution in [1.82, 2.24) is 31.2 Å². The minimum absolute atomic E-state index is 0.0685. The minimum atomic E-state index is -1.42. The molecule has 15 heteroatoms. The molecule has 2 aromatic carbocycles. The van der Waals surface area contributed by atoms with Gasteiger partial charge in [0.1, 0.15) is 23.6 Å². The van der Waals surface area contributed by atoms with Crippen molar-refractivity contribution in [3.05, 3.63) is 77.6 Å². The lowest BCUT2D eigenvalue weighted by atomic mass is 10.0. The molecule has 0 spiro atoms. The molecule has 0 saturated heterocycles. The largest absolute Gasteiger partial charge is 0.496 e. The SMILES string of the molecule is COc1ccc2cc1Oc1cccc(OC)c1CNC(=O)[C@@H](C(C)C)NC(=O)[C@H]([C@@H](C)O)NC(=O)CN(C(=O)CCc1cccnc1)CCCCNC2=O. The third-order valence-electron chi connectivity index (χ3n) is 8.90. The van der Waals surface area contributed by atoms with Crippen LogP contribution in [0.1, 0.15) is 61.5 Å². The first-order valence-corrected chi connectivity index (χ1v) is 17.9. The average Bonchev–Trinajstić information content (AvgIpc) is 3.16. The number of hydrogen-bond acceptors (Lipinski definition) is 10. The van der Waals surface area contributed by atoms with Crippen LogP contribution in [-0.4, -0.2) is 96.6 Å². The molecule has 4 rings (SSSR count). The van der Waals surface area contributed by atoms with E-state index >= 15 is 0 Å².